The van der Waals surface area contributed by atoms with E-state index in [2.05, 4.69) is 0 Å². The van der Waals surface area contributed by atoms with Crippen molar-refractivity contribution in [1.82, 2.24) is 0 Å². The van der Waals surface area contributed by atoms with Crippen molar-refractivity contribution in [2.45, 2.75) is 4.90 Å². The zero-order chi connectivity index (χ0) is 13.7. The SMILES string of the molecule is CSc1ccc(C(=O)C=Cc2ccc(F)cc2)cc1. The third-order valence-corrected chi connectivity index (χ3v) is 3.42. The first kappa shape index (κ1) is 13.6. The average molecular weight is 272 g/mol. The Morgan fingerprint density at radius 1 is 1.05 bits per heavy atom. The number of ketones is 1. The lowest BCUT2D eigenvalue weighted by Gasteiger charge is -1.98. The molecule has 96 valence electrons. The van der Waals surface area contributed by atoms with Gasteiger partial charge in [-0.25, -0.2) is 4.39 Å². The topological polar surface area (TPSA) is 17.1 Å². The Balaban J connectivity index is 2.09. The van der Waals surface area contributed by atoms with Gasteiger partial charge in [-0.3, -0.25) is 4.79 Å². The number of hydrogen-bond acceptors (Lipinski definition) is 2. The molecular formula is C16H13FOS. The standard InChI is InChI=1S/C16H13FOS/c1-19-15-9-5-13(6-10-15)16(18)11-4-12-2-7-14(17)8-3-12/h2-11H,1H3. The van der Waals surface area contributed by atoms with Crippen molar-refractivity contribution >= 4 is 23.6 Å². The van der Waals surface area contributed by atoms with Crippen LogP contribution in [0.4, 0.5) is 4.39 Å². The maximum Gasteiger partial charge on any atom is 0.185 e. The highest BCUT2D eigenvalue weighted by atomic mass is 32.2. The van der Waals surface area contributed by atoms with E-state index in [4.69, 9.17) is 0 Å². The third-order valence-electron chi connectivity index (χ3n) is 2.67. The highest BCUT2D eigenvalue weighted by Crippen LogP contribution is 2.15. The summed E-state index contributed by atoms with van der Waals surface area (Å²) in [7, 11) is 0. The van der Waals surface area contributed by atoms with Crippen LogP contribution in [0.1, 0.15) is 15.9 Å². The predicted molar refractivity (Wildman–Crippen MR) is 78.0 cm³/mol. The maximum atomic E-state index is 12.7. The van der Waals surface area contributed by atoms with Gasteiger partial charge in [0.2, 0.25) is 0 Å². The van der Waals surface area contributed by atoms with Gasteiger partial charge in [-0.05, 0) is 54.3 Å². The van der Waals surface area contributed by atoms with Gasteiger partial charge < -0.3 is 0 Å². The van der Waals surface area contributed by atoms with E-state index < -0.39 is 0 Å². The summed E-state index contributed by atoms with van der Waals surface area (Å²) in [6.45, 7) is 0. The summed E-state index contributed by atoms with van der Waals surface area (Å²) in [5.41, 5.74) is 1.45. The molecule has 0 atom stereocenters. The van der Waals surface area contributed by atoms with Crippen LogP contribution in [0.5, 0.6) is 0 Å². The quantitative estimate of drug-likeness (QED) is 0.465. The molecule has 0 saturated carbocycles. The molecule has 0 fully saturated rings. The second-order valence-electron chi connectivity index (χ2n) is 3.98. The fraction of sp³-hybridized carbons (Fsp3) is 0.0625. The van der Waals surface area contributed by atoms with Crippen molar-refractivity contribution in [3.63, 3.8) is 0 Å². The van der Waals surface area contributed by atoms with Crippen LogP contribution in [0.3, 0.4) is 0 Å². The summed E-state index contributed by atoms with van der Waals surface area (Å²) in [5.74, 6) is -0.340. The lowest BCUT2D eigenvalue weighted by molar-refractivity contribution is 0.104. The van der Waals surface area contributed by atoms with Crippen molar-refractivity contribution in [3.05, 3.63) is 71.6 Å². The van der Waals surface area contributed by atoms with Gasteiger partial charge >= 0.3 is 0 Å². The Hall–Kier alpha value is -1.87. The van der Waals surface area contributed by atoms with E-state index in [0.717, 1.165) is 10.5 Å². The first-order valence-electron chi connectivity index (χ1n) is 5.81. The summed E-state index contributed by atoms with van der Waals surface area (Å²) in [6.07, 6.45) is 5.18. The van der Waals surface area contributed by atoms with Crippen LogP contribution in [0.2, 0.25) is 0 Å². The molecule has 2 rings (SSSR count). The van der Waals surface area contributed by atoms with Crippen LogP contribution in [0.15, 0.2) is 59.5 Å². The molecule has 0 aliphatic carbocycles. The number of hydrogen-bond donors (Lipinski definition) is 0. The molecular weight excluding hydrogens is 259 g/mol. The Bertz CT molecular complexity index is 585. The van der Waals surface area contributed by atoms with Crippen molar-refractivity contribution in [2.75, 3.05) is 6.26 Å². The van der Waals surface area contributed by atoms with Gasteiger partial charge in [0.1, 0.15) is 5.82 Å². The molecule has 0 aromatic heterocycles. The highest BCUT2D eigenvalue weighted by molar-refractivity contribution is 7.98. The predicted octanol–water partition coefficient (Wildman–Crippen LogP) is 4.44. The summed E-state index contributed by atoms with van der Waals surface area (Å²) < 4.78 is 12.7. The second kappa shape index (κ2) is 6.34. The fourth-order valence-electron chi connectivity index (χ4n) is 1.60. The van der Waals surface area contributed by atoms with Crippen LogP contribution < -0.4 is 0 Å². The summed E-state index contributed by atoms with van der Waals surface area (Å²) in [6, 6.07) is 13.5. The average Bonchev–Trinajstić information content (AvgIpc) is 2.46. The summed E-state index contributed by atoms with van der Waals surface area (Å²) >= 11 is 1.64. The summed E-state index contributed by atoms with van der Waals surface area (Å²) in [4.78, 5) is 13.0. The molecule has 0 unspecified atom stereocenters. The van der Waals surface area contributed by atoms with E-state index in [1.165, 1.54) is 18.2 Å². The minimum atomic E-state index is -0.281. The second-order valence-corrected chi connectivity index (χ2v) is 4.86. The Labute approximate surface area is 116 Å². The van der Waals surface area contributed by atoms with Crippen molar-refractivity contribution in [3.8, 4) is 0 Å². The van der Waals surface area contributed by atoms with Gasteiger partial charge in [-0.1, -0.05) is 18.2 Å². The molecule has 0 spiro atoms. The molecule has 19 heavy (non-hydrogen) atoms. The smallest absolute Gasteiger partial charge is 0.185 e. The lowest BCUT2D eigenvalue weighted by atomic mass is 10.1. The Morgan fingerprint density at radius 3 is 2.26 bits per heavy atom. The van der Waals surface area contributed by atoms with Gasteiger partial charge in [0.15, 0.2) is 5.78 Å². The van der Waals surface area contributed by atoms with Crippen molar-refractivity contribution in [2.24, 2.45) is 0 Å². The van der Waals surface area contributed by atoms with Crippen LogP contribution >= 0.6 is 11.8 Å². The number of thioether (sulfide) groups is 1. The van der Waals surface area contributed by atoms with Gasteiger partial charge in [0.25, 0.3) is 0 Å². The van der Waals surface area contributed by atoms with Crippen LogP contribution in [0.25, 0.3) is 6.08 Å². The van der Waals surface area contributed by atoms with Gasteiger partial charge in [0.05, 0.1) is 0 Å². The maximum absolute atomic E-state index is 12.7. The van der Waals surface area contributed by atoms with E-state index >= 15 is 0 Å². The lowest BCUT2D eigenvalue weighted by Crippen LogP contribution is -1.93. The minimum Gasteiger partial charge on any atom is -0.289 e. The largest absolute Gasteiger partial charge is 0.289 e. The molecule has 3 heteroatoms. The molecule has 0 aliphatic heterocycles. The molecule has 0 amide bonds. The molecule has 2 aromatic rings. The molecule has 0 saturated heterocycles. The molecule has 1 nitrogen and oxygen atoms in total. The van der Waals surface area contributed by atoms with Gasteiger partial charge in [-0.2, -0.15) is 0 Å². The van der Waals surface area contributed by atoms with E-state index in [9.17, 15) is 9.18 Å². The van der Waals surface area contributed by atoms with E-state index in [1.54, 1.807) is 30.0 Å². The van der Waals surface area contributed by atoms with Crippen LogP contribution in [0, 0.1) is 5.82 Å². The molecule has 0 heterocycles. The van der Waals surface area contributed by atoms with Crippen molar-refractivity contribution in [1.29, 1.82) is 0 Å². The fourth-order valence-corrected chi connectivity index (χ4v) is 2.01. The molecule has 0 aliphatic rings. The number of rotatable bonds is 4. The number of benzene rings is 2. The summed E-state index contributed by atoms with van der Waals surface area (Å²) in [5, 5.41) is 0. The normalized spacial score (nSPS) is 10.8. The zero-order valence-electron chi connectivity index (χ0n) is 10.5. The number of halogens is 1. The Kier molecular flexibility index (Phi) is 4.53. The molecule has 0 bridgehead atoms. The first-order valence-corrected chi connectivity index (χ1v) is 7.03. The number of carbonyl (C=O) groups is 1. The third kappa shape index (κ3) is 3.80. The van der Waals surface area contributed by atoms with Gasteiger partial charge in [-0.15, -0.1) is 11.8 Å². The van der Waals surface area contributed by atoms with Crippen LogP contribution in [-0.4, -0.2) is 12.0 Å². The molecule has 2 aromatic carbocycles. The first-order chi connectivity index (χ1) is 9.19. The Morgan fingerprint density at radius 2 is 1.68 bits per heavy atom. The van der Waals surface area contributed by atoms with E-state index in [1.807, 2.05) is 30.5 Å². The van der Waals surface area contributed by atoms with Crippen molar-refractivity contribution < 1.29 is 9.18 Å². The van der Waals surface area contributed by atoms with Gasteiger partial charge in [0, 0.05) is 10.5 Å². The molecule has 0 N–H and O–H groups in total. The number of carbonyl (C=O) groups excluding carboxylic acids is 1. The number of allylic oxidation sites excluding steroid dienone is 1. The highest BCUT2D eigenvalue weighted by Gasteiger charge is 2.01. The zero-order valence-corrected chi connectivity index (χ0v) is 11.3. The monoisotopic (exact) mass is 272 g/mol. The molecule has 0 radical (unpaired) electrons. The minimum absolute atomic E-state index is 0.0584. The van der Waals surface area contributed by atoms with E-state index in [-0.39, 0.29) is 11.6 Å². The van der Waals surface area contributed by atoms with E-state index in [0.29, 0.717) is 5.56 Å². The van der Waals surface area contributed by atoms with Crippen LogP contribution in [-0.2, 0) is 0 Å².